The molecule has 4 N–H and O–H groups in total. The van der Waals surface area contributed by atoms with Crippen LogP contribution >= 0.6 is 11.6 Å². The predicted molar refractivity (Wildman–Crippen MR) is 117 cm³/mol. The zero-order valence-corrected chi connectivity index (χ0v) is 18.8. The summed E-state index contributed by atoms with van der Waals surface area (Å²) in [7, 11) is -3.88. The van der Waals surface area contributed by atoms with E-state index < -0.39 is 26.9 Å². The fourth-order valence-corrected chi connectivity index (χ4v) is 6.67. The number of carbonyl (C=O) groups is 1. The molecule has 1 saturated heterocycles. The Labute approximate surface area is 186 Å². The summed E-state index contributed by atoms with van der Waals surface area (Å²) in [5, 5.41) is 18.4. The van der Waals surface area contributed by atoms with Gasteiger partial charge < -0.3 is 25.5 Å². The molecular weight excluding hydrogens is 442 g/mol. The van der Waals surface area contributed by atoms with Gasteiger partial charge >= 0.3 is 6.03 Å². The first kappa shape index (κ1) is 22.0. The lowest BCUT2D eigenvalue weighted by atomic mass is 9.94. The topological polar surface area (TPSA) is 121 Å². The lowest BCUT2D eigenvalue weighted by Gasteiger charge is -2.24. The van der Waals surface area contributed by atoms with Crippen LogP contribution in [0.2, 0.25) is 5.02 Å². The summed E-state index contributed by atoms with van der Waals surface area (Å²) in [6.45, 7) is 2.92. The SMILES string of the molecule is Cc1cc2c(o1)C(NC(=O)Nc1ccc(Cl)c(S(=O)(=O)[C@H]3CCCNC3)c1O)CCC2. The van der Waals surface area contributed by atoms with Gasteiger partial charge in [-0.3, -0.25) is 0 Å². The van der Waals surface area contributed by atoms with Crippen molar-refractivity contribution in [2.75, 3.05) is 18.4 Å². The molecule has 8 nitrogen and oxygen atoms in total. The highest BCUT2D eigenvalue weighted by molar-refractivity contribution is 7.92. The van der Waals surface area contributed by atoms with Crippen LogP contribution in [0.25, 0.3) is 0 Å². The number of aryl methyl sites for hydroxylation is 2. The van der Waals surface area contributed by atoms with Crippen LogP contribution in [0.5, 0.6) is 5.75 Å². The van der Waals surface area contributed by atoms with E-state index in [1.807, 2.05) is 13.0 Å². The fourth-order valence-electron chi connectivity index (χ4n) is 4.33. The van der Waals surface area contributed by atoms with Gasteiger partial charge in [0.15, 0.2) is 15.6 Å². The smallest absolute Gasteiger partial charge is 0.319 e. The molecule has 1 aliphatic heterocycles. The number of benzene rings is 1. The maximum absolute atomic E-state index is 13.1. The van der Waals surface area contributed by atoms with E-state index in [-0.39, 0.29) is 21.6 Å². The zero-order valence-electron chi connectivity index (χ0n) is 17.2. The molecule has 2 amide bonds. The third kappa shape index (κ3) is 4.40. The molecule has 2 aliphatic rings. The number of hydrogen-bond acceptors (Lipinski definition) is 6. The standard InChI is InChI=1S/C21H26ClN3O5S/c1-12-10-13-4-2-6-17(19(13)30-12)25-21(27)24-16-8-7-15(22)20(18(16)26)31(28,29)14-5-3-9-23-11-14/h7-8,10,14,17,23,26H,2-6,9,11H2,1H3,(H2,24,25,27)/t14-,17?/m0/s1. The molecule has 2 atom stereocenters. The van der Waals surface area contributed by atoms with Crippen LogP contribution in [0, 0.1) is 6.92 Å². The number of urea groups is 1. The van der Waals surface area contributed by atoms with E-state index in [4.69, 9.17) is 16.0 Å². The second kappa shape index (κ2) is 8.72. The number of anilines is 1. The summed E-state index contributed by atoms with van der Waals surface area (Å²) < 4.78 is 31.9. The minimum atomic E-state index is -3.88. The average molecular weight is 468 g/mol. The molecule has 168 valence electrons. The number of piperidine rings is 1. The Morgan fingerprint density at radius 1 is 1.29 bits per heavy atom. The third-order valence-corrected chi connectivity index (χ3v) is 8.52. The number of phenolic OH excluding ortho intramolecular Hbond substituents is 1. The van der Waals surface area contributed by atoms with Gasteiger partial charge in [-0.2, -0.15) is 0 Å². The van der Waals surface area contributed by atoms with E-state index in [1.165, 1.54) is 12.1 Å². The van der Waals surface area contributed by atoms with Crippen LogP contribution in [-0.2, 0) is 16.3 Å². The largest absolute Gasteiger partial charge is 0.504 e. The maximum atomic E-state index is 13.1. The van der Waals surface area contributed by atoms with Crippen LogP contribution in [0.4, 0.5) is 10.5 Å². The molecule has 0 spiro atoms. The van der Waals surface area contributed by atoms with Gasteiger partial charge in [-0.1, -0.05) is 11.6 Å². The van der Waals surface area contributed by atoms with Crippen molar-refractivity contribution in [1.82, 2.24) is 10.6 Å². The number of sulfone groups is 1. The molecule has 0 radical (unpaired) electrons. The third-order valence-electron chi connectivity index (χ3n) is 5.83. The fraction of sp³-hybridized carbons (Fsp3) is 0.476. The molecule has 10 heteroatoms. The monoisotopic (exact) mass is 467 g/mol. The van der Waals surface area contributed by atoms with Gasteiger partial charge in [-0.05, 0) is 69.3 Å². The summed E-state index contributed by atoms with van der Waals surface area (Å²) in [6.07, 6.45) is 3.75. The van der Waals surface area contributed by atoms with Crippen molar-refractivity contribution >= 4 is 33.2 Å². The van der Waals surface area contributed by atoms with Crippen LogP contribution < -0.4 is 16.0 Å². The molecule has 2 aromatic rings. The van der Waals surface area contributed by atoms with Gasteiger partial charge in [-0.15, -0.1) is 0 Å². The Morgan fingerprint density at radius 2 is 2.10 bits per heavy atom. The number of halogens is 1. The second-order valence-corrected chi connectivity index (χ2v) is 10.6. The highest BCUT2D eigenvalue weighted by atomic mass is 35.5. The highest BCUT2D eigenvalue weighted by Gasteiger charge is 2.34. The molecule has 0 saturated carbocycles. The normalized spacial score (nSPS) is 21.4. The quantitative estimate of drug-likeness (QED) is 0.509. The van der Waals surface area contributed by atoms with Crippen molar-refractivity contribution < 1.29 is 22.7 Å². The molecule has 4 rings (SSSR count). The predicted octanol–water partition coefficient (Wildman–Crippen LogP) is 3.67. The first-order chi connectivity index (χ1) is 14.8. The second-order valence-electron chi connectivity index (χ2n) is 8.08. The van der Waals surface area contributed by atoms with Gasteiger partial charge in [0.25, 0.3) is 0 Å². The molecule has 2 heterocycles. The Morgan fingerprint density at radius 3 is 2.84 bits per heavy atom. The molecule has 1 aliphatic carbocycles. The Hall–Kier alpha value is -2.23. The molecule has 0 bridgehead atoms. The first-order valence-electron chi connectivity index (χ1n) is 10.4. The Kier molecular flexibility index (Phi) is 6.18. The number of furan rings is 1. The number of fused-ring (bicyclic) bond motifs is 1. The van der Waals surface area contributed by atoms with E-state index >= 15 is 0 Å². The minimum absolute atomic E-state index is 0.0177. The van der Waals surface area contributed by atoms with Crippen molar-refractivity contribution in [3.63, 3.8) is 0 Å². The van der Waals surface area contributed by atoms with Crippen LogP contribution in [-0.4, -0.2) is 37.9 Å². The van der Waals surface area contributed by atoms with Gasteiger partial charge in [0.05, 0.1) is 22.0 Å². The van der Waals surface area contributed by atoms with Crippen LogP contribution in [0.3, 0.4) is 0 Å². The summed E-state index contributed by atoms with van der Waals surface area (Å²) in [5.41, 5.74) is 1.06. The Bertz CT molecular complexity index is 1090. The number of nitrogens with one attached hydrogen (secondary N) is 3. The van der Waals surface area contributed by atoms with Crippen LogP contribution in [0.1, 0.15) is 48.8 Å². The van der Waals surface area contributed by atoms with Crippen molar-refractivity contribution in [1.29, 1.82) is 0 Å². The van der Waals surface area contributed by atoms with Gasteiger partial charge in [0.1, 0.15) is 16.4 Å². The van der Waals surface area contributed by atoms with Crippen molar-refractivity contribution in [3.8, 4) is 5.75 Å². The van der Waals surface area contributed by atoms with E-state index in [0.29, 0.717) is 13.0 Å². The number of aromatic hydroxyl groups is 1. The van der Waals surface area contributed by atoms with Crippen molar-refractivity contribution in [2.45, 2.75) is 55.2 Å². The molecule has 1 aromatic heterocycles. The number of rotatable bonds is 4. The maximum Gasteiger partial charge on any atom is 0.319 e. The van der Waals surface area contributed by atoms with Gasteiger partial charge in [-0.25, -0.2) is 13.2 Å². The molecular formula is C21H26ClN3O5S. The van der Waals surface area contributed by atoms with E-state index in [0.717, 1.165) is 49.3 Å². The average Bonchev–Trinajstić information content (AvgIpc) is 3.12. The summed E-state index contributed by atoms with van der Waals surface area (Å²) in [4.78, 5) is 12.3. The van der Waals surface area contributed by atoms with Gasteiger partial charge in [0.2, 0.25) is 0 Å². The van der Waals surface area contributed by atoms with Gasteiger partial charge in [0, 0.05) is 6.54 Å². The highest BCUT2D eigenvalue weighted by Crippen LogP contribution is 2.40. The molecule has 31 heavy (non-hydrogen) atoms. The van der Waals surface area contributed by atoms with E-state index in [2.05, 4.69) is 16.0 Å². The molecule has 1 aromatic carbocycles. The van der Waals surface area contributed by atoms with Crippen molar-refractivity contribution in [2.24, 2.45) is 0 Å². The number of amides is 2. The zero-order chi connectivity index (χ0) is 22.2. The molecule has 1 unspecified atom stereocenters. The summed E-state index contributed by atoms with van der Waals surface area (Å²) >= 11 is 6.16. The number of carbonyl (C=O) groups excluding carboxylic acids is 1. The number of phenols is 1. The summed E-state index contributed by atoms with van der Waals surface area (Å²) in [5.74, 6) is 0.986. The first-order valence-corrected chi connectivity index (χ1v) is 12.3. The Balaban J connectivity index is 1.54. The van der Waals surface area contributed by atoms with E-state index in [1.54, 1.807) is 0 Å². The van der Waals surface area contributed by atoms with Crippen molar-refractivity contribution in [3.05, 3.63) is 40.3 Å². The number of hydrogen-bond donors (Lipinski definition) is 4. The molecule has 1 fully saturated rings. The van der Waals surface area contributed by atoms with E-state index in [9.17, 15) is 18.3 Å². The minimum Gasteiger partial charge on any atom is -0.504 e. The summed E-state index contributed by atoms with van der Waals surface area (Å²) in [6, 6.07) is 3.88. The van der Waals surface area contributed by atoms with Crippen LogP contribution in [0.15, 0.2) is 27.5 Å². The lowest BCUT2D eigenvalue weighted by Crippen LogP contribution is -2.39. The lowest BCUT2D eigenvalue weighted by molar-refractivity contribution is 0.243.